The number of amides is 1. The van der Waals surface area contributed by atoms with E-state index in [2.05, 4.69) is 13.8 Å². The maximum Gasteiger partial charge on any atom is 0.288 e. The summed E-state index contributed by atoms with van der Waals surface area (Å²) in [5.41, 5.74) is -0.0117. The van der Waals surface area contributed by atoms with Crippen molar-refractivity contribution in [3.63, 3.8) is 0 Å². The van der Waals surface area contributed by atoms with Crippen molar-refractivity contribution >= 4 is 23.2 Å². The van der Waals surface area contributed by atoms with Crippen LogP contribution < -0.4 is 0 Å². The molecule has 5 nitrogen and oxygen atoms in total. The van der Waals surface area contributed by atoms with Crippen LogP contribution in [0.3, 0.4) is 0 Å². The topological polar surface area (TPSA) is 63.5 Å². The van der Waals surface area contributed by atoms with E-state index >= 15 is 0 Å². The van der Waals surface area contributed by atoms with E-state index in [9.17, 15) is 14.9 Å². The quantitative estimate of drug-likeness (QED) is 0.634. The third kappa shape index (κ3) is 2.77. The minimum Gasteiger partial charge on any atom is -0.338 e. The molecule has 1 heterocycles. The lowest BCUT2D eigenvalue weighted by molar-refractivity contribution is -0.384. The molecule has 1 aromatic rings. The van der Waals surface area contributed by atoms with Crippen LogP contribution in [-0.4, -0.2) is 28.8 Å². The molecule has 0 N–H and O–H groups in total. The number of nitro benzene ring substituents is 1. The molecule has 0 spiro atoms. The van der Waals surface area contributed by atoms with Gasteiger partial charge in [0.1, 0.15) is 5.02 Å². The zero-order valence-corrected chi connectivity index (χ0v) is 12.3. The van der Waals surface area contributed by atoms with E-state index in [1.165, 1.54) is 12.1 Å². The van der Waals surface area contributed by atoms with Gasteiger partial charge in [-0.3, -0.25) is 14.9 Å². The first-order valence-electron chi connectivity index (χ1n) is 6.64. The molecule has 108 valence electrons. The summed E-state index contributed by atoms with van der Waals surface area (Å²) < 4.78 is 0. The number of carbonyl (C=O) groups is 1. The summed E-state index contributed by atoms with van der Waals surface area (Å²) in [4.78, 5) is 24.4. The van der Waals surface area contributed by atoms with Gasteiger partial charge in [-0.2, -0.15) is 0 Å². The van der Waals surface area contributed by atoms with Crippen LogP contribution in [0.15, 0.2) is 18.2 Å². The van der Waals surface area contributed by atoms with Crippen molar-refractivity contribution in [1.82, 2.24) is 4.90 Å². The first-order valence-corrected chi connectivity index (χ1v) is 7.01. The Bertz CT molecular complexity index is 545. The molecular weight excluding hydrogens is 280 g/mol. The Morgan fingerprint density at radius 1 is 1.50 bits per heavy atom. The zero-order chi connectivity index (χ0) is 14.9. The zero-order valence-electron chi connectivity index (χ0n) is 11.5. The van der Waals surface area contributed by atoms with Crippen molar-refractivity contribution in [1.29, 1.82) is 0 Å². The Morgan fingerprint density at radius 3 is 2.75 bits per heavy atom. The second-order valence-electron chi connectivity index (χ2n) is 5.44. The van der Waals surface area contributed by atoms with Gasteiger partial charge in [-0.1, -0.05) is 31.5 Å². The van der Waals surface area contributed by atoms with Crippen LogP contribution in [-0.2, 0) is 0 Å². The van der Waals surface area contributed by atoms with Gasteiger partial charge in [0.25, 0.3) is 11.6 Å². The molecule has 1 saturated heterocycles. The minimum atomic E-state index is -0.569. The van der Waals surface area contributed by atoms with E-state index in [-0.39, 0.29) is 22.2 Å². The molecular formula is C14H17ClN2O3. The summed E-state index contributed by atoms with van der Waals surface area (Å²) in [6.45, 7) is 5.65. The van der Waals surface area contributed by atoms with E-state index in [1.807, 2.05) is 0 Å². The minimum absolute atomic E-state index is 0.0736. The molecule has 0 saturated carbocycles. The van der Waals surface area contributed by atoms with E-state index in [4.69, 9.17) is 11.6 Å². The summed E-state index contributed by atoms with van der Waals surface area (Å²) in [5.74, 6) is 0.784. The highest BCUT2D eigenvalue weighted by molar-refractivity contribution is 6.35. The Labute approximate surface area is 122 Å². The van der Waals surface area contributed by atoms with Crippen LogP contribution in [0.2, 0.25) is 5.02 Å². The van der Waals surface area contributed by atoms with Gasteiger partial charge in [-0.05, 0) is 24.3 Å². The van der Waals surface area contributed by atoms with Gasteiger partial charge in [-0.25, -0.2) is 0 Å². The molecule has 1 amide bonds. The summed E-state index contributed by atoms with van der Waals surface area (Å²) >= 11 is 5.99. The maximum atomic E-state index is 12.4. The van der Waals surface area contributed by atoms with Crippen molar-refractivity contribution in [3.8, 4) is 0 Å². The number of benzene rings is 1. The predicted octanol–water partition coefficient (Wildman–Crippen LogP) is 3.37. The van der Waals surface area contributed by atoms with Crippen LogP contribution in [0.5, 0.6) is 0 Å². The number of likely N-dealkylation sites (tertiary alicyclic amines) is 1. The van der Waals surface area contributed by atoms with Crippen molar-refractivity contribution in [3.05, 3.63) is 38.9 Å². The summed E-state index contributed by atoms with van der Waals surface area (Å²) in [5, 5.41) is 10.8. The lowest BCUT2D eigenvalue weighted by Crippen LogP contribution is -2.29. The summed E-state index contributed by atoms with van der Waals surface area (Å²) in [7, 11) is 0. The smallest absolute Gasteiger partial charge is 0.288 e. The van der Waals surface area contributed by atoms with Crippen molar-refractivity contribution in [2.75, 3.05) is 13.1 Å². The van der Waals surface area contributed by atoms with Gasteiger partial charge in [0.05, 0.1) is 10.5 Å². The Balaban J connectivity index is 2.23. The van der Waals surface area contributed by atoms with Gasteiger partial charge < -0.3 is 4.90 Å². The van der Waals surface area contributed by atoms with Crippen LogP contribution in [0.1, 0.15) is 30.6 Å². The molecule has 6 heteroatoms. The Kier molecular flexibility index (Phi) is 4.28. The molecule has 0 aromatic heterocycles. The molecule has 1 atom stereocenters. The monoisotopic (exact) mass is 296 g/mol. The molecule has 0 aliphatic carbocycles. The Hall–Kier alpha value is -1.62. The number of hydrogen-bond acceptors (Lipinski definition) is 3. The number of nitrogens with zero attached hydrogens (tertiary/aromatic N) is 2. The second-order valence-corrected chi connectivity index (χ2v) is 5.82. The van der Waals surface area contributed by atoms with Crippen molar-refractivity contribution < 1.29 is 9.72 Å². The SMILES string of the molecule is CC(C)C1CCN(C(=O)c2cccc([N+](=O)[O-])c2Cl)C1. The Morgan fingerprint density at radius 2 is 2.20 bits per heavy atom. The fraction of sp³-hybridized carbons (Fsp3) is 0.500. The fourth-order valence-corrected chi connectivity index (χ4v) is 2.79. The van der Waals surface area contributed by atoms with E-state index in [0.29, 0.717) is 24.9 Å². The predicted molar refractivity (Wildman–Crippen MR) is 77.0 cm³/mol. The molecule has 20 heavy (non-hydrogen) atoms. The molecule has 1 aromatic carbocycles. The lowest BCUT2D eigenvalue weighted by Gasteiger charge is -2.18. The van der Waals surface area contributed by atoms with Gasteiger partial charge in [0.2, 0.25) is 0 Å². The van der Waals surface area contributed by atoms with E-state index in [1.54, 1.807) is 11.0 Å². The second kappa shape index (κ2) is 5.79. The maximum absolute atomic E-state index is 12.4. The third-order valence-electron chi connectivity index (χ3n) is 3.86. The van der Waals surface area contributed by atoms with E-state index < -0.39 is 4.92 Å². The number of carbonyl (C=O) groups excluding carboxylic acids is 1. The summed E-state index contributed by atoms with van der Waals surface area (Å²) in [6, 6.07) is 4.34. The molecule has 0 bridgehead atoms. The average molecular weight is 297 g/mol. The van der Waals surface area contributed by atoms with Gasteiger partial charge in [0, 0.05) is 19.2 Å². The fourth-order valence-electron chi connectivity index (χ4n) is 2.51. The third-order valence-corrected chi connectivity index (χ3v) is 4.26. The van der Waals surface area contributed by atoms with Crippen LogP contribution >= 0.6 is 11.6 Å². The van der Waals surface area contributed by atoms with Crippen molar-refractivity contribution in [2.24, 2.45) is 11.8 Å². The van der Waals surface area contributed by atoms with Crippen LogP contribution in [0.4, 0.5) is 5.69 Å². The van der Waals surface area contributed by atoms with Crippen LogP contribution in [0, 0.1) is 22.0 Å². The number of rotatable bonds is 3. The number of nitro groups is 1. The molecule has 1 fully saturated rings. The van der Waals surface area contributed by atoms with Crippen LogP contribution in [0.25, 0.3) is 0 Å². The molecule has 0 radical (unpaired) electrons. The largest absolute Gasteiger partial charge is 0.338 e. The first kappa shape index (κ1) is 14.8. The van der Waals surface area contributed by atoms with Gasteiger partial charge in [0.15, 0.2) is 0 Å². The first-order chi connectivity index (χ1) is 9.41. The van der Waals surface area contributed by atoms with Crippen molar-refractivity contribution in [2.45, 2.75) is 20.3 Å². The lowest BCUT2D eigenvalue weighted by atomic mass is 9.95. The molecule has 1 unspecified atom stereocenters. The highest BCUT2D eigenvalue weighted by Gasteiger charge is 2.30. The molecule has 2 rings (SSSR count). The highest BCUT2D eigenvalue weighted by Crippen LogP contribution is 2.31. The van der Waals surface area contributed by atoms with Gasteiger partial charge >= 0.3 is 0 Å². The standard InChI is InChI=1S/C14H17ClN2O3/c1-9(2)10-6-7-16(8-10)14(18)11-4-3-5-12(13(11)15)17(19)20/h3-5,9-10H,6-8H2,1-2H3. The number of hydrogen-bond donors (Lipinski definition) is 0. The molecule has 1 aliphatic rings. The summed E-state index contributed by atoms with van der Waals surface area (Å²) in [6.07, 6.45) is 0.968. The molecule has 1 aliphatic heterocycles. The highest BCUT2D eigenvalue weighted by atomic mass is 35.5. The number of halogens is 1. The normalized spacial score (nSPS) is 18.6. The van der Waals surface area contributed by atoms with E-state index in [0.717, 1.165) is 6.42 Å². The average Bonchev–Trinajstić information content (AvgIpc) is 2.87. The van der Waals surface area contributed by atoms with Gasteiger partial charge in [-0.15, -0.1) is 0 Å².